The molecule has 0 bridgehead atoms. The molecule has 0 aromatic heterocycles. The lowest BCUT2D eigenvalue weighted by Gasteiger charge is -2.06. The van der Waals surface area contributed by atoms with Crippen LogP contribution < -0.4 is 0 Å². The molecule has 4 nitrogen and oxygen atoms in total. The second kappa shape index (κ2) is 12.5. The molecule has 0 radical (unpaired) electrons. The minimum Gasteiger partial charge on any atom is -0.469 e. The molecule has 0 unspecified atom stereocenters. The summed E-state index contributed by atoms with van der Waals surface area (Å²) in [6, 6.07) is 0. The van der Waals surface area contributed by atoms with Crippen LogP contribution in [0.4, 0.5) is 0 Å². The molecule has 1 atom stereocenters. The number of allylic oxidation sites excluding steroid dienone is 8. The number of ether oxygens (including phenoxy) is 1. The first kappa shape index (κ1) is 20.1. The maximum absolute atomic E-state index is 11.9. The summed E-state index contributed by atoms with van der Waals surface area (Å²) in [6.45, 7) is 0.243. The summed E-state index contributed by atoms with van der Waals surface area (Å²) in [7, 11) is 1.39. The third-order valence-corrected chi connectivity index (χ3v) is 3.89. The highest BCUT2D eigenvalue weighted by molar-refractivity contribution is 6.07. The third kappa shape index (κ3) is 8.06. The van der Waals surface area contributed by atoms with Gasteiger partial charge < -0.3 is 9.84 Å². The van der Waals surface area contributed by atoms with Crippen molar-refractivity contribution in [1.82, 2.24) is 0 Å². The normalized spacial score (nSPS) is 19.2. The molecule has 1 N–H and O–H groups in total. The summed E-state index contributed by atoms with van der Waals surface area (Å²) in [5, 5.41) is 8.73. The largest absolute Gasteiger partial charge is 0.469 e. The number of methoxy groups -OCH3 is 1. The molecular weight excluding hydrogens is 304 g/mol. The van der Waals surface area contributed by atoms with Crippen LogP contribution in [-0.4, -0.2) is 30.6 Å². The van der Waals surface area contributed by atoms with Crippen molar-refractivity contribution in [2.75, 3.05) is 13.7 Å². The summed E-state index contributed by atoms with van der Waals surface area (Å²) in [4.78, 5) is 22.9. The zero-order valence-electron chi connectivity index (χ0n) is 14.4. The van der Waals surface area contributed by atoms with Gasteiger partial charge in [0.15, 0.2) is 5.78 Å². The Balaban J connectivity index is 2.37. The standard InChI is InChI=1S/C20H28O4/c1-24-20(23)13-9-5-4-8-12-18-17(14-15-19(18)22)11-7-3-2-6-10-16-21/h3-4,7-8,12,14-15,17,21H,2,5-6,9-11,13,16H2,1H3/b7-3-,8-4+,18-12+/t17-/m0/s1. The first-order valence-electron chi connectivity index (χ1n) is 8.61. The number of hydrogen-bond donors (Lipinski definition) is 1. The number of aliphatic hydroxyl groups is 1. The van der Waals surface area contributed by atoms with Crippen molar-refractivity contribution in [2.45, 2.75) is 44.9 Å². The lowest BCUT2D eigenvalue weighted by molar-refractivity contribution is -0.140. The van der Waals surface area contributed by atoms with Gasteiger partial charge in [-0.15, -0.1) is 0 Å². The maximum Gasteiger partial charge on any atom is 0.305 e. The summed E-state index contributed by atoms with van der Waals surface area (Å²) >= 11 is 0. The van der Waals surface area contributed by atoms with Gasteiger partial charge in [-0.3, -0.25) is 9.59 Å². The van der Waals surface area contributed by atoms with Crippen LogP contribution >= 0.6 is 0 Å². The Hall–Kier alpha value is -1.94. The summed E-state index contributed by atoms with van der Waals surface area (Å²) in [6.07, 6.45) is 19.1. The maximum atomic E-state index is 11.9. The van der Waals surface area contributed by atoms with E-state index in [2.05, 4.69) is 16.9 Å². The molecule has 0 aliphatic heterocycles. The molecule has 0 saturated carbocycles. The number of esters is 1. The van der Waals surface area contributed by atoms with E-state index in [-0.39, 0.29) is 24.3 Å². The highest BCUT2D eigenvalue weighted by atomic mass is 16.5. The number of carbonyl (C=O) groups is 2. The molecule has 0 fully saturated rings. The summed E-state index contributed by atoms with van der Waals surface area (Å²) in [5.74, 6) is 0.0296. The van der Waals surface area contributed by atoms with Crippen LogP contribution in [0.5, 0.6) is 0 Å². The molecule has 1 aliphatic rings. The van der Waals surface area contributed by atoms with E-state index in [1.165, 1.54) is 7.11 Å². The van der Waals surface area contributed by atoms with E-state index in [9.17, 15) is 9.59 Å². The van der Waals surface area contributed by atoms with E-state index in [4.69, 9.17) is 5.11 Å². The summed E-state index contributed by atoms with van der Waals surface area (Å²) in [5.41, 5.74) is 0.819. The predicted octanol–water partition coefficient (Wildman–Crippen LogP) is 3.68. The molecular formula is C20H28O4. The van der Waals surface area contributed by atoms with Crippen LogP contribution in [0.25, 0.3) is 0 Å². The van der Waals surface area contributed by atoms with E-state index in [1.807, 2.05) is 24.3 Å². The van der Waals surface area contributed by atoms with Crippen LogP contribution in [0.15, 0.2) is 48.1 Å². The van der Waals surface area contributed by atoms with Crippen LogP contribution in [0.2, 0.25) is 0 Å². The van der Waals surface area contributed by atoms with E-state index in [1.54, 1.807) is 6.08 Å². The van der Waals surface area contributed by atoms with Crippen molar-refractivity contribution in [3.8, 4) is 0 Å². The molecule has 0 aromatic carbocycles. The number of ketones is 1. The number of hydrogen-bond acceptors (Lipinski definition) is 4. The Labute approximate surface area is 144 Å². The summed E-state index contributed by atoms with van der Waals surface area (Å²) < 4.78 is 4.59. The molecule has 0 saturated heterocycles. The van der Waals surface area contributed by atoms with Crippen LogP contribution in [0, 0.1) is 5.92 Å². The van der Waals surface area contributed by atoms with Crippen molar-refractivity contribution >= 4 is 11.8 Å². The molecule has 1 aliphatic carbocycles. The van der Waals surface area contributed by atoms with Gasteiger partial charge in [0.2, 0.25) is 0 Å². The highest BCUT2D eigenvalue weighted by Crippen LogP contribution is 2.25. The topological polar surface area (TPSA) is 63.6 Å². The number of aliphatic hydroxyl groups excluding tert-OH is 1. The first-order chi connectivity index (χ1) is 11.7. The Morgan fingerprint density at radius 1 is 1.21 bits per heavy atom. The van der Waals surface area contributed by atoms with Gasteiger partial charge in [-0.05, 0) is 44.6 Å². The van der Waals surface area contributed by atoms with Crippen molar-refractivity contribution in [2.24, 2.45) is 5.92 Å². The van der Waals surface area contributed by atoms with Crippen LogP contribution in [0.1, 0.15) is 44.9 Å². The molecule has 0 heterocycles. The number of rotatable bonds is 11. The minimum absolute atomic E-state index is 0.0768. The van der Waals surface area contributed by atoms with Gasteiger partial charge >= 0.3 is 5.97 Å². The number of unbranched alkanes of at least 4 members (excludes halogenated alkanes) is 3. The fourth-order valence-corrected chi connectivity index (χ4v) is 2.47. The second-order valence-corrected chi connectivity index (χ2v) is 5.77. The lowest BCUT2D eigenvalue weighted by Crippen LogP contribution is -2.01. The van der Waals surface area contributed by atoms with Crippen molar-refractivity contribution in [1.29, 1.82) is 0 Å². The smallest absolute Gasteiger partial charge is 0.305 e. The molecule has 4 heteroatoms. The average Bonchev–Trinajstić information content (AvgIpc) is 2.94. The fourth-order valence-electron chi connectivity index (χ4n) is 2.47. The zero-order valence-corrected chi connectivity index (χ0v) is 14.4. The minimum atomic E-state index is -0.192. The molecule has 0 spiro atoms. The van der Waals surface area contributed by atoms with Gasteiger partial charge in [0.05, 0.1) is 7.11 Å². The zero-order chi connectivity index (χ0) is 17.6. The molecule has 0 amide bonds. The number of carbonyl (C=O) groups excluding carboxylic acids is 2. The highest BCUT2D eigenvalue weighted by Gasteiger charge is 2.20. The molecule has 0 aromatic rings. The van der Waals surface area contributed by atoms with Gasteiger partial charge in [0, 0.05) is 24.5 Å². The van der Waals surface area contributed by atoms with Gasteiger partial charge in [0.1, 0.15) is 0 Å². The SMILES string of the molecule is COC(=O)CCC/C=C/C=C1/C(=O)C=C[C@@H]1C/C=C\CCCCO. The Morgan fingerprint density at radius 3 is 2.75 bits per heavy atom. The monoisotopic (exact) mass is 332 g/mol. The Morgan fingerprint density at radius 2 is 2.00 bits per heavy atom. The van der Waals surface area contributed by atoms with Gasteiger partial charge in [-0.25, -0.2) is 0 Å². The molecule has 1 rings (SSSR count). The lowest BCUT2D eigenvalue weighted by atomic mass is 9.97. The van der Waals surface area contributed by atoms with E-state index < -0.39 is 0 Å². The Bertz CT molecular complexity index is 512. The van der Waals surface area contributed by atoms with E-state index in [0.717, 1.165) is 44.1 Å². The van der Waals surface area contributed by atoms with Gasteiger partial charge in [0.25, 0.3) is 0 Å². The third-order valence-electron chi connectivity index (χ3n) is 3.89. The average molecular weight is 332 g/mol. The fraction of sp³-hybridized carbons (Fsp3) is 0.500. The van der Waals surface area contributed by atoms with Crippen molar-refractivity contribution in [3.05, 3.63) is 48.1 Å². The second-order valence-electron chi connectivity index (χ2n) is 5.77. The van der Waals surface area contributed by atoms with Crippen LogP contribution in [0.3, 0.4) is 0 Å². The van der Waals surface area contributed by atoms with Gasteiger partial charge in [-0.1, -0.05) is 36.5 Å². The molecule has 132 valence electrons. The quantitative estimate of drug-likeness (QED) is 0.271. The van der Waals surface area contributed by atoms with Crippen LogP contribution in [-0.2, 0) is 14.3 Å². The van der Waals surface area contributed by atoms with Crippen molar-refractivity contribution < 1.29 is 19.4 Å². The first-order valence-corrected chi connectivity index (χ1v) is 8.61. The molecule has 24 heavy (non-hydrogen) atoms. The predicted molar refractivity (Wildman–Crippen MR) is 95.4 cm³/mol. The Kier molecular flexibility index (Phi) is 10.5. The van der Waals surface area contributed by atoms with Gasteiger partial charge in [-0.2, -0.15) is 0 Å². The van der Waals surface area contributed by atoms with E-state index in [0.29, 0.717) is 6.42 Å². The van der Waals surface area contributed by atoms with E-state index >= 15 is 0 Å². The van der Waals surface area contributed by atoms with Crippen molar-refractivity contribution in [3.63, 3.8) is 0 Å².